The fourth-order valence-electron chi connectivity index (χ4n) is 1.69. The van der Waals surface area contributed by atoms with Gasteiger partial charge < -0.3 is 9.84 Å². The molecule has 0 aliphatic rings. The number of thioether (sulfide) groups is 1. The summed E-state index contributed by atoms with van der Waals surface area (Å²) in [6, 6.07) is 14.2. The van der Waals surface area contributed by atoms with Crippen molar-refractivity contribution in [2.75, 3.05) is 7.11 Å². The number of carboxylic acid groups (broad SMARTS) is 1. The van der Waals surface area contributed by atoms with Gasteiger partial charge in [0.1, 0.15) is 11.0 Å². The van der Waals surface area contributed by atoms with Crippen LogP contribution in [-0.4, -0.2) is 18.2 Å². The third kappa shape index (κ3) is 3.68. The molecule has 0 aliphatic carbocycles. The van der Waals surface area contributed by atoms with Gasteiger partial charge in [0, 0.05) is 9.92 Å². The summed E-state index contributed by atoms with van der Waals surface area (Å²) in [6.07, 6.45) is 0. The molecule has 0 radical (unpaired) electrons. The summed E-state index contributed by atoms with van der Waals surface area (Å²) < 4.78 is 5.07. The van der Waals surface area contributed by atoms with Crippen LogP contribution < -0.4 is 4.74 Å². The molecular weight excluding hydrogens is 296 g/mol. The van der Waals surface area contributed by atoms with Gasteiger partial charge in [-0.25, -0.2) is 0 Å². The lowest BCUT2D eigenvalue weighted by Gasteiger charge is -2.13. The molecule has 0 fully saturated rings. The number of methoxy groups -OCH3 is 1. The van der Waals surface area contributed by atoms with E-state index < -0.39 is 11.2 Å². The molecule has 5 heteroatoms. The average Bonchev–Trinajstić information content (AvgIpc) is 2.46. The summed E-state index contributed by atoms with van der Waals surface area (Å²) in [4.78, 5) is 12.3. The van der Waals surface area contributed by atoms with Crippen LogP contribution in [-0.2, 0) is 4.79 Å². The lowest BCUT2D eigenvalue weighted by Crippen LogP contribution is -2.07. The first-order chi connectivity index (χ1) is 9.60. The first-order valence-corrected chi connectivity index (χ1v) is 7.15. The standard InChI is InChI=1S/C15H13ClO3S/c1-19-12-6-2-10(3-7-12)14(15(17)18)20-13-8-4-11(16)5-9-13/h2-9,14H,1H3,(H,17,18). The summed E-state index contributed by atoms with van der Waals surface area (Å²) in [5, 5.41) is 9.36. The molecule has 2 aromatic carbocycles. The molecule has 1 atom stereocenters. The molecule has 0 saturated carbocycles. The van der Waals surface area contributed by atoms with Gasteiger partial charge in [-0.1, -0.05) is 23.7 Å². The van der Waals surface area contributed by atoms with Gasteiger partial charge in [0.25, 0.3) is 0 Å². The summed E-state index contributed by atoms with van der Waals surface area (Å²) in [5.41, 5.74) is 0.721. The predicted molar refractivity (Wildman–Crippen MR) is 80.7 cm³/mol. The van der Waals surface area contributed by atoms with Crippen LogP contribution in [0.2, 0.25) is 5.02 Å². The number of halogens is 1. The minimum absolute atomic E-state index is 0.630. The van der Waals surface area contributed by atoms with E-state index in [2.05, 4.69) is 0 Å². The number of ether oxygens (including phenoxy) is 1. The molecule has 1 unspecified atom stereocenters. The zero-order valence-corrected chi connectivity index (χ0v) is 12.3. The molecule has 3 nitrogen and oxygen atoms in total. The minimum atomic E-state index is -0.880. The largest absolute Gasteiger partial charge is 0.497 e. The van der Waals surface area contributed by atoms with Crippen molar-refractivity contribution in [1.29, 1.82) is 0 Å². The number of rotatable bonds is 5. The number of benzene rings is 2. The summed E-state index contributed by atoms with van der Waals surface area (Å²) in [6.45, 7) is 0. The predicted octanol–water partition coefficient (Wildman–Crippen LogP) is 4.27. The molecule has 0 bridgehead atoms. The molecule has 0 spiro atoms. The Morgan fingerprint density at radius 3 is 2.25 bits per heavy atom. The van der Waals surface area contributed by atoms with Gasteiger partial charge in [-0.15, -0.1) is 11.8 Å². The SMILES string of the molecule is COc1ccc(C(Sc2ccc(Cl)cc2)C(=O)O)cc1. The van der Waals surface area contributed by atoms with E-state index in [0.29, 0.717) is 10.8 Å². The summed E-state index contributed by atoms with van der Waals surface area (Å²) in [7, 11) is 1.58. The molecule has 0 amide bonds. The van der Waals surface area contributed by atoms with Crippen molar-refractivity contribution < 1.29 is 14.6 Å². The molecule has 1 N–H and O–H groups in total. The molecule has 2 rings (SSSR count). The molecular formula is C15H13ClO3S. The first kappa shape index (κ1) is 14.8. The Labute approximate surface area is 126 Å². The van der Waals surface area contributed by atoms with Crippen LogP contribution in [0.15, 0.2) is 53.4 Å². The van der Waals surface area contributed by atoms with E-state index in [9.17, 15) is 9.90 Å². The third-order valence-corrected chi connectivity index (χ3v) is 4.22. The Morgan fingerprint density at radius 1 is 1.15 bits per heavy atom. The average molecular weight is 309 g/mol. The second kappa shape index (κ2) is 6.68. The fraction of sp³-hybridized carbons (Fsp3) is 0.133. The van der Waals surface area contributed by atoms with Crippen molar-refractivity contribution in [3.05, 3.63) is 59.1 Å². The lowest BCUT2D eigenvalue weighted by molar-refractivity contribution is -0.136. The third-order valence-electron chi connectivity index (χ3n) is 2.71. The zero-order chi connectivity index (χ0) is 14.5. The number of carboxylic acids is 1. The van der Waals surface area contributed by atoms with Crippen molar-refractivity contribution in [1.82, 2.24) is 0 Å². The quantitative estimate of drug-likeness (QED) is 0.838. The minimum Gasteiger partial charge on any atom is -0.497 e. The fourth-order valence-corrected chi connectivity index (χ4v) is 2.77. The van der Waals surface area contributed by atoms with Crippen molar-refractivity contribution in [3.63, 3.8) is 0 Å². The smallest absolute Gasteiger partial charge is 0.321 e. The molecule has 0 saturated heterocycles. The molecule has 20 heavy (non-hydrogen) atoms. The van der Waals surface area contributed by atoms with E-state index in [4.69, 9.17) is 16.3 Å². The van der Waals surface area contributed by atoms with E-state index in [0.717, 1.165) is 10.5 Å². The topological polar surface area (TPSA) is 46.5 Å². The van der Waals surface area contributed by atoms with E-state index in [1.54, 1.807) is 43.5 Å². The van der Waals surface area contributed by atoms with E-state index >= 15 is 0 Å². The van der Waals surface area contributed by atoms with Gasteiger partial charge in [0.05, 0.1) is 7.11 Å². The van der Waals surface area contributed by atoms with Crippen LogP contribution in [0.25, 0.3) is 0 Å². The van der Waals surface area contributed by atoms with E-state index in [-0.39, 0.29) is 0 Å². The van der Waals surface area contributed by atoms with Crippen LogP contribution in [0.1, 0.15) is 10.8 Å². The Hall–Kier alpha value is -1.65. The maximum Gasteiger partial charge on any atom is 0.321 e. The van der Waals surface area contributed by atoms with Gasteiger partial charge >= 0.3 is 5.97 Å². The Kier molecular flexibility index (Phi) is 4.93. The first-order valence-electron chi connectivity index (χ1n) is 5.89. The van der Waals surface area contributed by atoms with Crippen LogP contribution >= 0.6 is 23.4 Å². The van der Waals surface area contributed by atoms with Gasteiger partial charge in [0.15, 0.2) is 0 Å². The van der Waals surface area contributed by atoms with Gasteiger partial charge in [-0.3, -0.25) is 4.79 Å². The van der Waals surface area contributed by atoms with Gasteiger partial charge in [0.2, 0.25) is 0 Å². The Balaban J connectivity index is 2.22. The number of carbonyl (C=O) groups is 1. The molecule has 2 aromatic rings. The highest BCUT2D eigenvalue weighted by atomic mass is 35.5. The molecule has 0 aliphatic heterocycles. The van der Waals surface area contributed by atoms with Crippen LogP contribution in [0.3, 0.4) is 0 Å². The Bertz CT molecular complexity index is 581. The Morgan fingerprint density at radius 2 is 1.75 bits per heavy atom. The van der Waals surface area contributed by atoms with Crippen molar-refractivity contribution in [2.45, 2.75) is 10.1 Å². The number of aliphatic carboxylic acids is 1. The lowest BCUT2D eigenvalue weighted by atomic mass is 10.1. The van der Waals surface area contributed by atoms with Crippen molar-refractivity contribution in [2.24, 2.45) is 0 Å². The monoisotopic (exact) mass is 308 g/mol. The molecule has 104 valence electrons. The molecule has 0 heterocycles. The maximum absolute atomic E-state index is 11.4. The summed E-state index contributed by atoms with van der Waals surface area (Å²) in [5.74, 6) is -0.176. The normalized spacial score (nSPS) is 11.9. The second-order valence-corrected chi connectivity index (χ2v) is 5.68. The van der Waals surface area contributed by atoms with Gasteiger partial charge in [-0.2, -0.15) is 0 Å². The van der Waals surface area contributed by atoms with Crippen LogP contribution in [0, 0.1) is 0 Å². The number of hydrogen-bond donors (Lipinski definition) is 1. The van der Waals surface area contributed by atoms with Crippen LogP contribution in [0.4, 0.5) is 0 Å². The number of hydrogen-bond acceptors (Lipinski definition) is 3. The van der Waals surface area contributed by atoms with Crippen LogP contribution in [0.5, 0.6) is 5.75 Å². The van der Waals surface area contributed by atoms with E-state index in [1.165, 1.54) is 11.8 Å². The van der Waals surface area contributed by atoms with E-state index in [1.807, 2.05) is 12.1 Å². The maximum atomic E-state index is 11.4. The highest BCUT2D eigenvalue weighted by Gasteiger charge is 2.21. The zero-order valence-electron chi connectivity index (χ0n) is 10.7. The van der Waals surface area contributed by atoms with Crippen molar-refractivity contribution >= 4 is 29.3 Å². The highest BCUT2D eigenvalue weighted by molar-refractivity contribution is 8.00. The van der Waals surface area contributed by atoms with Gasteiger partial charge in [-0.05, 0) is 42.0 Å². The second-order valence-electron chi connectivity index (χ2n) is 4.06. The molecule has 0 aromatic heterocycles. The highest BCUT2D eigenvalue weighted by Crippen LogP contribution is 2.36. The van der Waals surface area contributed by atoms with Crippen molar-refractivity contribution in [3.8, 4) is 5.75 Å². The summed E-state index contributed by atoms with van der Waals surface area (Å²) >= 11 is 7.09.